The third kappa shape index (κ3) is 4.94. The second-order valence-corrected chi connectivity index (χ2v) is 6.38. The molecule has 0 unspecified atom stereocenters. The first kappa shape index (κ1) is 19.5. The molecule has 1 N–H and O–H groups in total. The van der Waals surface area contributed by atoms with E-state index < -0.39 is 0 Å². The normalized spacial score (nSPS) is 12.2. The number of carbonyl (C=O) groups is 2. The van der Waals surface area contributed by atoms with Crippen molar-refractivity contribution < 1.29 is 23.8 Å². The molecule has 1 aliphatic heterocycles. The lowest BCUT2D eigenvalue weighted by molar-refractivity contribution is -0.123. The summed E-state index contributed by atoms with van der Waals surface area (Å²) in [6, 6.07) is 12.9. The minimum atomic E-state index is -0.224. The molecule has 0 radical (unpaired) electrons. The summed E-state index contributed by atoms with van der Waals surface area (Å²) < 4.78 is 16.2. The van der Waals surface area contributed by atoms with Crippen LogP contribution in [0.3, 0.4) is 0 Å². The third-order valence-corrected chi connectivity index (χ3v) is 4.41. The largest absolute Gasteiger partial charge is 0.497 e. The molecule has 7 nitrogen and oxygen atoms in total. The van der Waals surface area contributed by atoms with Crippen LogP contribution in [0.25, 0.3) is 0 Å². The van der Waals surface area contributed by atoms with Gasteiger partial charge in [-0.05, 0) is 36.2 Å². The van der Waals surface area contributed by atoms with Gasteiger partial charge in [0.15, 0.2) is 11.5 Å². The highest BCUT2D eigenvalue weighted by Crippen LogP contribution is 2.34. The standard InChI is InChI=1S/C21H24N2O5/c1-15(24)23(17-5-8-19-20(13-17)28-12-11-27-19)14-21(25)22-10-9-16-3-6-18(26-2)7-4-16/h3-8,13H,9-12,14H2,1-2H3,(H,22,25). The van der Waals surface area contributed by atoms with Crippen LogP contribution in [0.5, 0.6) is 17.2 Å². The van der Waals surface area contributed by atoms with Crippen LogP contribution in [0.1, 0.15) is 12.5 Å². The summed E-state index contributed by atoms with van der Waals surface area (Å²) in [4.78, 5) is 25.8. The molecule has 2 aromatic carbocycles. The quantitative estimate of drug-likeness (QED) is 0.792. The average Bonchev–Trinajstić information content (AvgIpc) is 2.72. The van der Waals surface area contributed by atoms with Gasteiger partial charge in [-0.2, -0.15) is 0 Å². The fourth-order valence-electron chi connectivity index (χ4n) is 2.92. The van der Waals surface area contributed by atoms with E-state index in [9.17, 15) is 9.59 Å². The van der Waals surface area contributed by atoms with Crippen molar-refractivity contribution >= 4 is 17.5 Å². The molecule has 28 heavy (non-hydrogen) atoms. The lowest BCUT2D eigenvalue weighted by atomic mass is 10.1. The van der Waals surface area contributed by atoms with Crippen LogP contribution in [-0.2, 0) is 16.0 Å². The fraction of sp³-hybridized carbons (Fsp3) is 0.333. The minimum absolute atomic E-state index is 0.0579. The number of carbonyl (C=O) groups excluding carboxylic acids is 2. The van der Waals surface area contributed by atoms with Gasteiger partial charge >= 0.3 is 0 Å². The summed E-state index contributed by atoms with van der Waals surface area (Å²) in [6.07, 6.45) is 0.694. The van der Waals surface area contributed by atoms with Gasteiger partial charge < -0.3 is 24.4 Å². The van der Waals surface area contributed by atoms with Crippen LogP contribution in [-0.4, -0.2) is 45.2 Å². The maximum Gasteiger partial charge on any atom is 0.240 e. The number of amides is 2. The van der Waals surface area contributed by atoms with Crippen molar-refractivity contribution in [3.63, 3.8) is 0 Å². The van der Waals surface area contributed by atoms with Crippen LogP contribution < -0.4 is 24.4 Å². The number of fused-ring (bicyclic) bond motifs is 1. The Hall–Kier alpha value is -3.22. The number of rotatable bonds is 7. The Kier molecular flexibility index (Phi) is 6.37. The molecular formula is C21H24N2O5. The number of nitrogens with one attached hydrogen (secondary N) is 1. The van der Waals surface area contributed by atoms with Crippen molar-refractivity contribution in [3.05, 3.63) is 48.0 Å². The first-order valence-electron chi connectivity index (χ1n) is 9.14. The smallest absolute Gasteiger partial charge is 0.240 e. The Labute approximate surface area is 164 Å². The molecule has 0 atom stereocenters. The van der Waals surface area contributed by atoms with Crippen molar-refractivity contribution in [2.45, 2.75) is 13.3 Å². The number of anilines is 1. The van der Waals surface area contributed by atoms with E-state index in [2.05, 4.69) is 5.32 Å². The number of benzene rings is 2. The molecule has 0 aliphatic carbocycles. The summed E-state index contributed by atoms with van der Waals surface area (Å²) in [6.45, 7) is 2.82. The van der Waals surface area contributed by atoms with Gasteiger partial charge in [-0.15, -0.1) is 0 Å². The van der Waals surface area contributed by atoms with Crippen molar-refractivity contribution in [3.8, 4) is 17.2 Å². The number of nitrogens with zero attached hydrogens (tertiary/aromatic N) is 1. The summed E-state index contributed by atoms with van der Waals surface area (Å²) in [5, 5.41) is 2.86. The molecular weight excluding hydrogens is 360 g/mol. The molecule has 0 bridgehead atoms. The lowest BCUT2D eigenvalue weighted by Gasteiger charge is -2.24. The second-order valence-electron chi connectivity index (χ2n) is 6.38. The van der Waals surface area contributed by atoms with Crippen molar-refractivity contribution in [1.29, 1.82) is 0 Å². The lowest BCUT2D eigenvalue weighted by Crippen LogP contribution is -2.40. The van der Waals surface area contributed by atoms with Gasteiger partial charge in [-0.25, -0.2) is 0 Å². The zero-order valence-electron chi connectivity index (χ0n) is 16.1. The van der Waals surface area contributed by atoms with E-state index in [0.29, 0.717) is 43.4 Å². The number of ether oxygens (including phenoxy) is 3. The van der Waals surface area contributed by atoms with E-state index in [1.807, 2.05) is 24.3 Å². The highest BCUT2D eigenvalue weighted by atomic mass is 16.6. The van der Waals surface area contributed by atoms with Crippen molar-refractivity contribution in [2.75, 3.05) is 38.3 Å². The van der Waals surface area contributed by atoms with Crippen molar-refractivity contribution in [1.82, 2.24) is 5.32 Å². The molecule has 1 heterocycles. The van der Waals surface area contributed by atoms with Crippen molar-refractivity contribution in [2.24, 2.45) is 0 Å². The Bertz CT molecular complexity index is 835. The molecule has 148 valence electrons. The zero-order chi connectivity index (χ0) is 19.9. The van der Waals surface area contributed by atoms with Crippen LogP contribution >= 0.6 is 0 Å². The number of hydrogen-bond donors (Lipinski definition) is 1. The number of methoxy groups -OCH3 is 1. The molecule has 0 aromatic heterocycles. The Balaban J connectivity index is 1.56. The summed E-state index contributed by atoms with van der Waals surface area (Å²) in [7, 11) is 1.62. The van der Waals surface area contributed by atoms with Gasteiger partial charge in [0, 0.05) is 25.2 Å². The molecule has 0 saturated heterocycles. The summed E-state index contributed by atoms with van der Waals surface area (Å²) in [5.74, 6) is 1.57. The highest BCUT2D eigenvalue weighted by molar-refractivity contribution is 5.97. The monoisotopic (exact) mass is 384 g/mol. The summed E-state index contributed by atoms with van der Waals surface area (Å²) in [5.41, 5.74) is 1.69. The molecule has 3 rings (SSSR count). The van der Waals surface area contributed by atoms with Gasteiger partial charge in [-0.1, -0.05) is 12.1 Å². The first-order valence-corrected chi connectivity index (χ1v) is 9.14. The maximum atomic E-state index is 12.3. The molecule has 2 amide bonds. The van der Waals surface area contributed by atoms with E-state index in [-0.39, 0.29) is 18.4 Å². The third-order valence-electron chi connectivity index (χ3n) is 4.41. The van der Waals surface area contributed by atoms with Gasteiger partial charge in [0.25, 0.3) is 0 Å². The van der Waals surface area contributed by atoms with Crippen LogP contribution in [0.4, 0.5) is 5.69 Å². The van der Waals surface area contributed by atoms with E-state index in [1.165, 1.54) is 11.8 Å². The Morgan fingerprint density at radius 3 is 2.46 bits per heavy atom. The molecule has 0 saturated carbocycles. The summed E-state index contributed by atoms with van der Waals surface area (Å²) >= 11 is 0. The van der Waals surface area contributed by atoms with Crippen LogP contribution in [0.15, 0.2) is 42.5 Å². The Morgan fingerprint density at radius 1 is 1.07 bits per heavy atom. The van der Waals surface area contributed by atoms with Gasteiger partial charge in [0.05, 0.1) is 7.11 Å². The van der Waals surface area contributed by atoms with Gasteiger partial charge in [0.1, 0.15) is 25.5 Å². The first-order chi connectivity index (χ1) is 13.6. The zero-order valence-corrected chi connectivity index (χ0v) is 16.1. The second kappa shape index (κ2) is 9.12. The average molecular weight is 384 g/mol. The SMILES string of the molecule is COc1ccc(CCNC(=O)CN(C(C)=O)c2ccc3c(c2)OCCO3)cc1. The van der Waals surface area contributed by atoms with E-state index in [4.69, 9.17) is 14.2 Å². The van der Waals surface area contributed by atoms with Crippen LogP contribution in [0, 0.1) is 0 Å². The maximum absolute atomic E-state index is 12.3. The molecule has 0 fully saturated rings. The Morgan fingerprint density at radius 2 is 1.79 bits per heavy atom. The predicted molar refractivity (Wildman–Crippen MR) is 105 cm³/mol. The fourth-order valence-corrected chi connectivity index (χ4v) is 2.92. The molecule has 0 spiro atoms. The van der Waals surface area contributed by atoms with E-state index >= 15 is 0 Å². The molecule has 1 aliphatic rings. The predicted octanol–water partition coefficient (Wildman–Crippen LogP) is 2.18. The number of hydrogen-bond acceptors (Lipinski definition) is 5. The van der Waals surface area contributed by atoms with E-state index in [1.54, 1.807) is 25.3 Å². The van der Waals surface area contributed by atoms with Gasteiger partial charge in [0.2, 0.25) is 11.8 Å². The van der Waals surface area contributed by atoms with E-state index in [0.717, 1.165) is 11.3 Å². The van der Waals surface area contributed by atoms with Gasteiger partial charge in [-0.3, -0.25) is 9.59 Å². The van der Waals surface area contributed by atoms with Crippen LogP contribution in [0.2, 0.25) is 0 Å². The minimum Gasteiger partial charge on any atom is -0.497 e. The molecule has 7 heteroatoms. The highest BCUT2D eigenvalue weighted by Gasteiger charge is 2.19. The molecule has 2 aromatic rings. The topological polar surface area (TPSA) is 77.1 Å².